The third-order valence-electron chi connectivity index (χ3n) is 5.62. The molecule has 1 fully saturated rings. The van der Waals surface area contributed by atoms with Crippen molar-refractivity contribution >= 4 is 17.4 Å². The van der Waals surface area contributed by atoms with Crippen LogP contribution in [0.1, 0.15) is 24.0 Å². The van der Waals surface area contributed by atoms with Crippen molar-refractivity contribution in [3.8, 4) is 11.3 Å². The van der Waals surface area contributed by atoms with E-state index in [9.17, 15) is 9.18 Å². The van der Waals surface area contributed by atoms with Crippen LogP contribution < -0.4 is 10.2 Å². The highest BCUT2D eigenvalue weighted by Crippen LogP contribution is 2.25. The fraction of sp³-hybridized carbons (Fsp3) is 0.292. The second kappa shape index (κ2) is 8.61. The van der Waals surface area contributed by atoms with E-state index >= 15 is 0 Å². The van der Waals surface area contributed by atoms with Crippen molar-refractivity contribution in [2.75, 3.05) is 23.3 Å². The smallest absolute Gasteiger partial charge is 0.227 e. The number of rotatable bonds is 4. The van der Waals surface area contributed by atoms with Gasteiger partial charge in [-0.3, -0.25) is 4.79 Å². The molecule has 4 rings (SSSR count). The summed E-state index contributed by atoms with van der Waals surface area (Å²) in [5.74, 6) is 0.606. The van der Waals surface area contributed by atoms with Crippen LogP contribution in [0, 0.1) is 25.6 Å². The topological polar surface area (TPSA) is 58.1 Å². The van der Waals surface area contributed by atoms with Crippen LogP contribution >= 0.6 is 0 Å². The molecule has 0 atom stereocenters. The van der Waals surface area contributed by atoms with Gasteiger partial charge in [0.05, 0.1) is 5.69 Å². The lowest BCUT2D eigenvalue weighted by Gasteiger charge is -2.32. The summed E-state index contributed by atoms with van der Waals surface area (Å²) in [6.07, 6.45) is 1.55. The van der Waals surface area contributed by atoms with Crippen molar-refractivity contribution in [2.24, 2.45) is 5.92 Å². The zero-order valence-corrected chi connectivity index (χ0v) is 17.2. The minimum absolute atomic E-state index is 0.00611. The molecule has 6 heteroatoms. The van der Waals surface area contributed by atoms with E-state index in [2.05, 4.69) is 26.5 Å². The first-order valence-corrected chi connectivity index (χ1v) is 10.2. The van der Waals surface area contributed by atoms with E-state index in [-0.39, 0.29) is 17.6 Å². The molecular weight excluding hydrogens is 379 g/mol. The molecule has 0 unspecified atom stereocenters. The van der Waals surface area contributed by atoms with Crippen LogP contribution in [0.5, 0.6) is 0 Å². The maximum Gasteiger partial charge on any atom is 0.227 e. The Hall–Kier alpha value is -3.28. The molecule has 1 saturated heterocycles. The molecule has 1 aliphatic heterocycles. The Balaban J connectivity index is 1.34. The van der Waals surface area contributed by atoms with Gasteiger partial charge in [0.2, 0.25) is 5.91 Å². The molecule has 1 N–H and O–H groups in total. The van der Waals surface area contributed by atoms with Crippen molar-refractivity contribution in [1.82, 2.24) is 10.2 Å². The highest BCUT2D eigenvalue weighted by atomic mass is 19.1. The summed E-state index contributed by atoms with van der Waals surface area (Å²) in [4.78, 5) is 14.8. The Labute approximate surface area is 176 Å². The fourth-order valence-electron chi connectivity index (χ4n) is 3.83. The van der Waals surface area contributed by atoms with Gasteiger partial charge in [0.25, 0.3) is 0 Å². The summed E-state index contributed by atoms with van der Waals surface area (Å²) in [6.45, 7) is 5.58. The van der Waals surface area contributed by atoms with Crippen LogP contribution in [-0.4, -0.2) is 29.2 Å². The molecule has 1 amide bonds. The first-order chi connectivity index (χ1) is 14.5. The van der Waals surface area contributed by atoms with Crippen LogP contribution in [-0.2, 0) is 4.79 Å². The monoisotopic (exact) mass is 404 g/mol. The number of carbonyl (C=O) groups is 1. The Morgan fingerprint density at radius 3 is 2.37 bits per heavy atom. The summed E-state index contributed by atoms with van der Waals surface area (Å²) >= 11 is 0. The Bertz CT molecular complexity index is 1030. The summed E-state index contributed by atoms with van der Waals surface area (Å²) in [6, 6.07) is 16.1. The summed E-state index contributed by atoms with van der Waals surface area (Å²) in [5, 5.41) is 11.7. The number of amides is 1. The molecule has 0 spiro atoms. The van der Waals surface area contributed by atoms with Gasteiger partial charge in [0, 0.05) is 30.3 Å². The summed E-state index contributed by atoms with van der Waals surface area (Å²) in [7, 11) is 0. The minimum atomic E-state index is -0.271. The van der Waals surface area contributed by atoms with Gasteiger partial charge in [-0.2, -0.15) is 0 Å². The van der Waals surface area contributed by atoms with Crippen LogP contribution in [0.3, 0.4) is 0 Å². The number of hydrogen-bond donors (Lipinski definition) is 1. The lowest BCUT2D eigenvalue weighted by Crippen LogP contribution is -2.38. The quantitative estimate of drug-likeness (QED) is 0.681. The van der Waals surface area contributed by atoms with Crippen LogP contribution in [0.15, 0.2) is 54.6 Å². The van der Waals surface area contributed by atoms with Gasteiger partial charge < -0.3 is 10.2 Å². The molecule has 0 aliphatic carbocycles. The zero-order chi connectivity index (χ0) is 21.1. The highest BCUT2D eigenvalue weighted by molar-refractivity contribution is 5.93. The average molecular weight is 404 g/mol. The number of nitrogens with one attached hydrogen (secondary N) is 1. The maximum absolute atomic E-state index is 13.1. The zero-order valence-electron chi connectivity index (χ0n) is 17.2. The molecular formula is C24H25FN4O. The first-order valence-electron chi connectivity index (χ1n) is 10.2. The second-order valence-electron chi connectivity index (χ2n) is 7.85. The Kier molecular flexibility index (Phi) is 5.74. The number of aromatic nitrogens is 2. The third kappa shape index (κ3) is 4.48. The molecule has 2 heterocycles. The van der Waals surface area contributed by atoms with Crippen molar-refractivity contribution < 1.29 is 9.18 Å². The van der Waals surface area contributed by atoms with E-state index in [0.717, 1.165) is 48.6 Å². The molecule has 0 radical (unpaired) electrons. The van der Waals surface area contributed by atoms with Crippen molar-refractivity contribution in [3.05, 3.63) is 71.5 Å². The van der Waals surface area contributed by atoms with Crippen LogP contribution in [0.25, 0.3) is 11.3 Å². The molecule has 5 nitrogen and oxygen atoms in total. The van der Waals surface area contributed by atoms with Gasteiger partial charge in [0.15, 0.2) is 5.82 Å². The van der Waals surface area contributed by atoms with E-state index in [4.69, 9.17) is 0 Å². The molecule has 0 bridgehead atoms. The number of nitrogens with zero attached hydrogens (tertiary/aromatic N) is 3. The molecule has 3 aromatic rings. The van der Waals surface area contributed by atoms with E-state index in [0.29, 0.717) is 5.69 Å². The lowest BCUT2D eigenvalue weighted by atomic mass is 9.95. The number of benzene rings is 2. The van der Waals surface area contributed by atoms with Crippen LogP contribution in [0.2, 0.25) is 0 Å². The average Bonchev–Trinajstić information content (AvgIpc) is 2.76. The number of aryl methyl sites for hydroxylation is 2. The molecule has 30 heavy (non-hydrogen) atoms. The van der Waals surface area contributed by atoms with Gasteiger partial charge in [-0.25, -0.2) is 4.39 Å². The molecule has 2 aromatic carbocycles. The largest absolute Gasteiger partial charge is 0.355 e. The maximum atomic E-state index is 13.1. The van der Waals surface area contributed by atoms with E-state index in [1.165, 1.54) is 17.7 Å². The molecule has 1 aromatic heterocycles. The number of anilines is 2. The molecule has 1 aliphatic rings. The standard InChI is InChI=1S/C24H25FN4O/c1-16-3-8-21(17(2)15-16)26-24(30)19-11-13-29(14-12-19)23-10-9-22(27-28-23)18-4-6-20(25)7-5-18/h3-10,15,19H,11-14H2,1-2H3,(H,26,30). The lowest BCUT2D eigenvalue weighted by molar-refractivity contribution is -0.120. The summed E-state index contributed by atoms with van der Waals surface area (Å²) in [5.41, 5.74) is 4.69. The van der Waals surface area contributed by atoms with Gasteiger partial charge in [0.1, 0.15) is 5.82 Å². The third-order valence-corrected chi connectivity index (χ3v) is 5.62. The van der Waals surface area contributed by atoms with Gasteiger partial charge >= 0.3 is 0 Å². The van der Waals surface area contributed by atoms with Gasteiger partial charge in [-0.1, -0.05) is 17.7 Å². The number of carbonyl (C=O) groups excluding carboxylic acids is 1. The summed E-state index contributed by atoms with van der Waals surface area (Å²) < 4.78 is 13.1. The van der Waals surface area contributed by atoms with Crippen molar-refractivity contribution in [3.63, 3.8) is 0 Å². The van der Waals surface area contributed by atoms with Crippen LogP contribution in [0.4, 0.5) is 15.9 Å². The number of piperidine rings is 1. The Morgan fingerprint density at radius 1 is 1.00 bits per heavy atom. The first kappa shape index (κ1) is 20.0. The van der Waals surface area contributed by atoms with Gasteiger partial charge in [-0.15, -0.1) is 10.2 Å². The van der Waals surface area contributed by atoms with Crippen molar-refractivity contribution in [1.29, 1.82) is 0 Å². The van der Waals surface area contributed by atoms with E-state index < -0.39 is 0 Å². The van der Waals surface area contributed by atoms with E-state index in [1.54, 1.807) is 12.1 Å². The molecule has 0 saturated carbocycles. The van der Waals surface area contributed by atoms with Gasteiger partial charge in [-0.05, 0) is 74.7 Å². The number of hydrogen-bond acceptors (Lipinski definition) is 4. The fourth-order valence-corrected chi connectivity index (χ4v) is 3.83. The minimum Gasteiger partial charge on any atom is -0.355 e. The molecule has 154 valence electrons. The Morgan fingerprint density at radius 2 is 1.73 bits per heavy atom. The highest BCUT2D eigenvalue weighted by Gasteiger charge is 2.26. The predicted octanol–water partition coefficient (Wildman–Crippen LogP) is 4.75. The van der Waals surface area contributed by atoms with E-state index in [1.807, 2.05) is 38.1 Å². The normalized spacial score (nSPS) is 14.6. The SMILES string of the molecule is Cc1ccc(NC(=O)C2CCN(c3ccc(-c4ccc(F)cc4)nn3)CC2)c(C)c1. The second-order valence-corrected chi connectivity index (χ2v) is 7.85. The van der Waals surface area contributed by atoms with Crippen molar-refractivity contribution in [2.45, 2.75) is 26.7 Å². The number of halogens is 1. The predicted molar refractivity (Wildman–Crippen MR) is 117 cm³/mol.